The summed E-state index contributed by atoms with van der Waals surface area (Å²) in [6.45, 7) is 1.66. The van der Waals surface area contributed by atoms with Gasteiger partial charge in [0.2, 0.25) is 5.91 Å². The van der Waals surface area contributed by atoms with E-state index < -0.39 is 16.4 Å². The second kappa shape index (κ2) is 7.28. The first-order valence-corrected chi connectivity index (χ1v) is 8.47. The molecule has 0 radical (unpaired) electrons. The maximum atomic E-state index is 12.1. The van der Waals surface area contributed by atoms with Crippen LogP contribution in [0.25, 0.3) is 11.3 Å². The highest BCUT2D eigenvalue weighted by atomic mass is 32.1. The second-order valence-electron chi connectivity index (χ2n) is 5.56. The van der Waals surface area contributed by atoms with Crippen LogP contribution in [0, 0.1) is 17.0 Å². The summed E-state index contributed by atoms with van der Waals surface area (Å²) in [5, 5.41) is 15.6. The number of aryl methyl sites for hydroxylation is 1. The molecule has 0 aliphatic carbocycles. The van der Waals surface area contributed by atoms with Crippen molar-refractivity contribution in [3.63, 3.8) is 0 Å². The number of rotatable bonds is 5. The van der Waals surface area contributed by atoms with Crippen LogP contribution in [0.5, 0.6) is 0 Å². The van der Waals surface area contributed by atoms with Crippen LogP contribution < -0.4 is 10.9 Å². The zero-order valence-electron chi connectivity index (χ0n) is 13.7. The number of hydrogen-bond donors (Lipinski definition) is 1. The zero-order chi connectivity index (χ0) is 18.7. The number of hydrogen-bond acceptors (Lipinski definition) is 6. The van der Waals surface area contributed by atoms with Crippen molar-refractivity contribution in [1.82, 2.24) is 9.55 Å². The van der Waals surface area contributed by atoms with Gasteiger partial charge in [0.05, 0.1) is 16.8 Å². The Kier molecular flexibility index (Phi) is 4.90. The third kappa shape index (κ3) is 4.01. The Hall–Kier alpha value is -3.33. The van der Waals surface area contributed by atoms with Crippen molar-refractivity contribution in [2.75, 3.05) is 5.32 Å². The van der Waals surface area contributed by atoms with E-state index in [1.165, 1.54) is 11.3 Å². The second-order valence-corrected chi connectivity index (χ2v) is 6.42. The Morgan fingerprint density at radius 1 is 1.27 bits per heavy atom. The summed E-state index contributed by atoms with van der Waals surface area (Å²) in [5.41, 5.74) is 2.05. The largest absolute Gasteiger partial charge is 0.300 e. The van der Waals surface area contributed by atoms with E-state index in [4.69, 9.17) is 0 Å². The fourth-order valence-electron chi connectivity index (χ4n) is 2.25. The van der Waals surface area contributed by atoms with Gasteiger partial charge in [-0.1, -0.05) is 29.8 Å². The summed E-state index contributed by atoms with van der Waals surface area (Å²) in [6, 6.07) is 10.00. The average Bonchev–Trinajstić information content (AvgIpc) is 3.05. The highest BCUT2D eigenvalue weighted by Gasteiger charge is 2.12. The molecule has 0 spiro atoms. The molecule has 26 heavy (non-hydrogen) atoms. The van der Waals surface area contributed by atoms with Gasteiger partial charge in [0.25, 0.3) is 11.2 Å². The smallest absolute Gasteiger partial charge is 0.285 e. The van der Waals surface area contributed by atoms with Gasteiger partial charge in [-0.3, -0.25) is 24.3 Å². The Morgan fingerprint density at radius 2 is 2.00 bits per heavy atom. The molecule has 0 bridgehead atoms. The van der Waals surface area contributed by atoms with Crippen molar-refractivity contribution in [3.05, 3.63) is 74.0 Å². The maximum absolute atomic E-state index is 12.1. The number of thiazole rings is 1. The SMILES string of the molecule is Cc1ccc(-c2csc(NC(=O)Cn3cc([N+](=O)[O-])ccc3=O)n2)cc1. The van der Waals surface area contributed by atoms with Gasteiger partial charge in [0.1, 0.15) is 6.54 Å². The van der Waals surface area contributed by atoms with E-state index in [2.05, 4.69) is 10.3 Å². The van der Waals surface area contributed by atoms with Crippen LogP contribution in [0.1, 0.15) is 5.56 Å². The number of amides is 1. The quantitative estimate of drug-likeness (QED) is 0.549. The van der Waals surface area contributed by atoms with Crippen LogP contribution in [0.15, 0.2) is 52.8 Å². The summed E-state index contributed by atoms with van der Waals surface area (Å²) in [6.07, 6.45) is 1.04. The molecular formula is C17H14N4O4S. The van der Waals surface area contributed by atoms with Crippen LogP contribution in [-0.2, 0) is 11.3 Å². The number of nitro groups is 1. The zero-order valence-corrected chi connectivity index (χ0v) is 14.5. The number of pyridine rings is 1. The first-order valence-electron chi connectivity index (χ1n) is 7.60. The summed E-state index contributed by atoms with van der Waals surface area (Å²) < 4.78 is 0.988. The van der Waals surface area contributed by atoms with Gasteiger partial charge in [0, 0.05) is 23.1 Å². The van der Waals surface area contributed by atoms with Gasteiger partial charge in [-0.05, 0) is 6.92 Å². The molecule has 3 aromatic rings. The van der Waals surface area contributed by atoms with Crippen molar-refractivity contribution in [3.8, 4) is 11.3 Å². The van der Waals surface area contributed by atoms with Gasteiger partial charge < -0.3 is 5.32 Å². The molecule has 0 unspecified atom stereocenters. The Balaban J connectivity index is 1.71. The molecule has 2 heterocycles. The number of nitrogens with zero attached hydrogens (tertiary/aromatic N) is 3. The van der Waals surface area contributed by atoms with E-state index >= 15 is 0 Å². The minimum absolute atomic E-state index is 0.256. The predicted octanol–water partition coefficient (Wildman–Crippen LogP) is 2.83. The molecule has 0 saturated heterocycles. The van der Waals surface area contributed by atoms with E-state index in [9.17, 15) is 19.7 Å². The van der Waals surface area contributed by atoms with Crippen molar-refractivity contribution >= 4 is 28.1 Å². The van der Waals surface area contributed by atoms with Gasteiger partial charge >= 0.3 is 0 Å². The van der Waals surface area contributed by atoms with E-state index in [1.54, 1.807) is 0 Å². The van der Waals surface area contributed by atoms with Gasteiger partial charge in [-0.25, -0.2) is 4.98 Å². The van der Waals surface area contributed by atoms with Crippen LogP contribution in [0.2, 0.25) is 0 Å². The van der Waals surface area contributed by atoms with Crippen molar-refractivity contribution < 1.29 is 9.72 Å². The molecule has 3 rings (SSSR count). The number of aromatic nitrogens is 2. The van der Waals surface area contributed by atoms with Crippen molar-refractivity contribution in [2.45, 2.75) is 13.5 Å². The van der Waals surface area contributed by atoms with E-state index in [1.807, 2.05) is 36.6 Å². The van der Waals surface area contributed by atoms with Gasteiger partial charge in [-0.15, -0.1) is 11.3 Å². The Bertz CT molecular complexity index is 1020. The first-order chi connectivity index (χ1) is 12.4. The lowest BCUT2D eigenvalue weighted by Gasteiger charge is -2.05. The Morgan fingerprint density at radius 3 is 2.69 bits per heavy atom. The molecule has 0 aliphatic heterocycles. The van der Waals surface area contributed by atoms with Gasteiger partial charge in [-0.2, -0.15) is 0 Å². The predicted molar refractivity (Wildman–Crippen MR) is 98.3 cm³/mol. The topological polar surface area (TPSA) is 107 Å². The van der Waals surface area contributed by atoms with E-state index in [-0.39, 0.29) is 12.2 Å². The molecule has 0 saturated carbocycles. The molecule has 2 aromatic heterocycles. The van der Waals surface area contributed by atoms with Crippen LogP contribution in [0.4, 0.5) is 10.8 Å². The lowest BCUT2D eigenvalue weighted by atomic mass is 10.1. The first kappa shape index (κ1) is 17.5. The maximum Gasteiger partial charge on any atom is 0.285 e. The molecule has 1 N–H and O–H groups in total. The number of carbonyl (C=O) groups is 1. The molecule has 0 fully saturated rings. The number of carbonyl (C=O) groups excluding carboxylic acids is 1. The van der Waals surface area contributed by atoms with E-state index in [0.29, 0.717) is 5.13 Å². The number of anilines is 1. The molecule has 1 amide bonds. The average molecular weight is 370 g/mol. The summed E-state index contributed by atoms with van der Waals surface area (Å²) in [7, 11) is 0. The van der Waals surface area contributed by atoms with Crippen LogP contribution in [0.3, 0.4) is 0 Å². The Labute approximate surface area is 151 Å². The standard InChI is InChI=1S/C17H14N4O4S/c1-11-2-4-12(5-3-11)14-10-26-17(18-14)19-15(22)9-20-8-13(21(24)25)6-7-16(20)23/h2-8,10H,9H2,1H3,(H,18,19,22). The summed E-state index contributed by atoms with van der Waals surface area (Å²) >= 11 is 1.26. The molecular weight excluding hydrogens is 356 g/mol. The molecule has 9 heteroatoms. The lowest BCUT2D eigenvalue weighted by Crippen LogP contribution is -2.26. The number of benzene rings is 1. The molecule has 0 atom stereocenters. The van der Waals surface area contributed by atoms with Gasteiger partial charge in [0.15, 0.2) is 5.13 Å². The van der Waals surface area contributed by atoms with Crippen molar-refractivity contribution in [1.29, 1.82) is 0 Å². The monoisotopic (exact) mass is 370 g/mol. The highest BCUT2D eigenvalue weighted by molar-refractivity contribution is 7.14. The summed E-state index contributed by atoms with van der Waals surface area (Å²) in [4.78, 5) is 38.4. The summed E-state index contributed by atoms with van der Waals surface area (Å²) in [5.74, 6) is -0.489. The highest BCUT2D eigenvalue weighted by Crippen LogP contribution is 2.25. The van der Waals surface area contributed by atoms with E-state index in [0.717, 1.165) is 39.7 Å². The fraction of sp³-hybridized carbons (Fsp3) is 0.118. The minimum Gasteiger partial charge on any atom is -0.300 e. The normalized spacial score (nSPS) is 10.5. The molecule has 8 nitrogen and oxygen atoms in total. The fourth-order valence-corrected chi connectivity index (χ4v) is 2.99. The third-order valence-electron chi connectivity index (χ3n) is 3.59. The molecule has 0 aliphatic rings. The lowest BCUT2D eigenvalue weighted by molar-refractivity contribution is -0.385. The third-order valence-corrected chi connectivity index (χ3v) is 4.35. The minimum atomic E-state index is -0.622. The molecule has 132 valence electrons. The van der Waals surface area contributed by atoms with Crippen LogP contribution >= 0.6 is 11.3 Å². The molecule has 1 aromatic carbocycles. The number of nitrogens with one attached hydrogen (secondary N) is 1. The van der Waals surface area contributed by atoms with Crippen molar-refractivity contribution in [2.24, 2.45) is 0 Å². The van der Waals surface area contributed by atoms with Crippen LogP contribution in [-0.4, -0.2) is 20.4 Å².